The number of rotatable bonds is 8. The van der Waals surface area contributed by atoms with Gasteiger partial charge in [-0.3, -0.25) is 9.59 Å². The molecule has 2 amide bonds. The normalized spacial score (nSPS) is 22.0. The first-order valence-electron chi connectivity index (χ1n) is 8.07. The molecule has 1 rings (SSSR count). The standard InChI is InChI=1S/C16H30N2O2/c1-5-7-8-9-10-12-18-13(11-6-2)14(19)17-16(3,4)15(18)20/h13H,5-12H2,1-4H3,(H,17,19). The molecule has 4 nitrogen and oxygen atoms in total. The molecule has 20 heavy (non-hydrogen) atoms. The largest absolute Gasteiger partial charge is 0.340 e. The van der Waals surface area contributed by atoms with Gasteiger partial charge in [-0.05, 0) is 26.7 Å². The van der Waals surface area contributed by atoms with Crippen molar-refractivity contribution in [3.05, 3.63) is 0 Å². The summed E-state index contributed by atoms with van der Waals surface area (Å²) in [7, 11) is 0. The van der Waals surface area contributed by atoms with E-state index in [9.17, 15) is 9.59 Å². The van der Waals surface area contributed by atoms with Crippen LogP contribution < -0.4 is 5.32 Å². The van der Waals surface area contributed by atoms with Crippen molar-refractivity contribution in [1.29, 1.82) is 0 Å². The minimum atomic E-state index is -0.759. The summed E-state index contributed by atoms with van der Waals surface area (Å²) in [6.07, 6.45) is 7.48. The summed E-state index contributed by atoms with van der Waals surface area (Å²) in [6.45, 7) is 8.54. The average molecular weight is 282 g/mol. The van der Waals surface area contributed by atoms with E-state index in [1.54, 1.807) is 13.8 Å². The number of nitrogens with zero attached hydrogens (tertiary/aromatic N) is 1. The van der Waals surface area contributed by atoms with Gasteiger partial charge >= 0.3 is 0 Å². The fraction of sp³-hybridized carbons (Fsp3) is 0.875. The third kappa shape index (κ3) is 4.22. The molecule has 0 radical (unpaired) electrons. The topological polar surface area (TPSA) is 49.4 Å². The van der Waals surface area contributed by atoms with Crippen LogP contribution in [0.1, 0.15) is 72.6 Å². The van der Waals surface area contributed by atoms with E-state index in [1.165, 1.54) is 19.3 Å². The molecule has 0 aromatic carbocycles. The molecule has 4 heteroatoms. The quantitative estimate of drug-likeness (QED) is 0.696. The number of carbonyl (C=O) groups excluding carboxylic acids is 2. The number of carbonyl (C=O) groups is 2. The highest BCUT2D eigenvalue weighted by atomic mass is 16.2. The molecule has 1 saturated heterocycles. The summed E-state index contributed by atoms with van der Waals surface area (Å²) < 4.78 is 0. The first-order valence-corrected chi connectivity index (χ1v) is 8.07. The van der Waals surface area contributed by atoms with E-state index >= 15 is 0 Å². The molecule has 116 valence electrons. The van der Waals surface area contributed by atoms with Gasteiger partial charge in [-0.2, -0.15) is 0 Å². The number of amides is 2. The zero-order valence-electron chi connectivity index (χ0n) is 13.5. The molecule has 1 atom stereocenters. The van der Waals surface area contributed by atoms with Crippen molar-refractivity contribution < 1.29 is 9.59 Å². The molecule has 0 aromatic heterocycles. The lowest BCUT2D eigenvalue weighted by Gasteiger charge is -2.43. The zero-order valence-corrected chi connectivity index (χ0v) is 13.5. The minimum absolute atomic E-state index is 0.00464. The van der Waals surface area contributed by atoms with Crippen LogP contribution in [0.25, 0.3) is 0 Å². The third-order valence-electron chi connectivity index (χ3n) is 3.97. The molecular weight excluding hydrogens is 252 g/mol. The van der Waals surface area contributed by atoms with E-state index in [4.69, 9.17) is 0 Å². The molecule has 0 saturated carbocycles. The van der Waals surface area contributed by atoms with Gasteiger partial charge in [0.05, 0.1) is 0 Å². The first-order chi connectivity index (χ1) is 9.44. The van der Waals surface area contributed by atoms with Gasteiger partial charge < -0.3 is 10.2 Å². The highest BCUT2D eigenvalue weighted by molar-refractivity contribution is 5.99. The van der Waals surface area contributed by atoms with Crippen LogP contribution in [0.2, 0.25) is 0 Å². The Morgan fingerprint density at radius 3 is 2.30 bits per heavy atom. The van der Waals surface area contributed by atoms with Crippen LogP contribution in [0.15, 0.2) is 0 Å². The van der Waals surface area contributed by atoms with Crippen LogP contribution in [-0.4, -0.2) is 34.8 Å². The fourth-order valence-electron chi connectivity index (χ4n) is 2.79. The van der Waals surface area contributed by atoms with Crippen LogP contribution in [-0.2, 0) is 9.59 Å². The van der Waals surface area contributed by atoms with Crippen molar-refractivity contribution in [2.45, 2.75) is 84.2 Å². The van der Waals surface area contributed by atoms with Gasteiger partial charge in [0.15, 0.2) is 0 Å². The van der Waals surface area contributed by atoms with Crippen molar-refractivity contribution in [2.75, 3.05) is 6.54 Å². The molecule has 0 spiro atoms. The molecule has 0 aromatic rings. The van der Waals surface area contributed by atoms with Gasteiger partial charge in [-0.1, -0.05) is 46.0 Å². The number of unbranched alkanes of at least 4 members (excludes halogenated alkanes) is 4. The van der Waals surface area contributed by atoms with Crippen LogP contribution in [0, 0.1) is 0 Å². The fourth-order valence-corrected chi connectivity index (χ4v) is 2.79. The van der Waals surface area contributed by atoms with E-state index in [-0.39, 0.29) is 17.9 Å². The second-order valence-corrected chi connectivity index (χ2v) is 6.33. The zero-order chi connectivity index (χ0) is 15.2. The lowest BCUT2D eigenvalue weighted by molar-refractivity contribution is -0.153. The predicted molar refractivity (Wildman–Crippen MR) is 81.4 cm³/mol. The van der Waals surface area contributed by atoms with Crippen molar-refractivity contribution in [3.63, 3.8) is 0 Å². The molecule has 1 aliphatic heterocycles. The average Bonchev–Trinajstić information content (AvgIpc) is 2.38. The van der Waals surface area contributed by atoms with Crippen molar-refractivity contribution >= 4 is 11.8 Å². The maximum absolute atomic E-state index is 12.5. The van der Waals surface area contributed by atoms with Crippen molar-refractivity contribution in [3.8, 4) is 0 Å². The Hall–Kier alpha value is -1.06. The molecule has 1 N–H and O–H groups in total. The molecule has 1 unspecified atom stereocenters. The molecule has 1 fully saturated rings. The van der Waals surface area contributed by atoms with Crippen molar-refractivity contribution in [2.24, 2.45) is 0 Å². The monoisotopic (exact) mass is 282 g/mol. The number of piperazine rings is 1. The van der Waals surface area contributed by atoms with E-state index in [1.807, 2.05) is 4.90 Å². The second kappa shape index (κ2) is 7.65. The summed E-state index contributed by atoms with van der Waals surface area (Å²) in [5.74, 6) is 0.0658. The van der Waals surface area contributed by atoms with E-state index in [0.717, 1.165) is 25.7 Å². The summed E-state index contributed by atoms with van der Waals surface area (Å²) in [6, 6.07) is -0.272. The van der Waals surface area contributed by atoms with Gasteiger partial charge in [0.2, 0.25) is 11.8 Å². The van der Waals surface area contributed by atoms with E-state index < -0.39 is 5.54 Å². The SMILES string of the molecule is CCCCCCCN1C(=O)C(C)(C)NC(=O)C1CCC. The van der Waals surface area contributed by atoms with Crippen molar-refractivity contribution in [1.82, 2.24) is 10.2 Å². The minimum Gasteiger partial charge on any atom is -0.340 e. The van der Waals surface area contributed by atoms with Gasteiger partial charge in [-0.15, -0.1) is 0 Å². The lowest BCUT2D eigenvalue weighted by Crippen LogP contribution is -2.68. The molecule has 0 bridgehead atoms. The van der Waals surface area contributed by atoms with Gasteiger partial charge in [-0.25, -0.2) is 0 Å². The maximum atomic E-state index is 12.5. The van der Waals surface area contributed by atoms with Crippen LogP contribution in [0.5, 0.6) is 0 Å². The molecule has 1 aliphatic rings. The third-order valence-corrected chi connectivity index (χ3v) is 3.97. The number of hydrogen-bond acceptors (Lipinski definition) is 2. The molecule has 0 aliphatic carbocycles. The highest BCUT2D eigenvalue weighted by Crippen LogP contribution is 2.21. The molecular formula is C16H30N2O2. The van der Waals surface area contributed by atoms with E-state index in [2.05, 4.69) is 19.2 Å². The Morgan fingerprint density at radius 2 is 1.70 bits per heavy atom. The number of nitrogens with one attached hydrogen (secondary N) is 1. The van der Waals surface area contributed by atoms with Crippen LogP contribution in [0.3, 0.4) is 0 Å². The summed E-state index contributed by atoms with van der Waals surface area (Å²) in [4.78, 5) is 26.5. The van der Waals surface area contributed by atoms with E-state index in [0.29, 0.717) is 6.54 Å². The smallest absolute Gasteiger partial charge is 0.248 e. The highest BCUT2D eigenvalue weighted by Gasteiger charge is 2.44. The first kappa shape index (κ1) is 17.0. The second-order valence-electron chi connectivity index (χ2n) is 6.33. The van der Waals surface area contributed by atoms with Gasteiger partial charge in [0, 0.05) is 6.54 Å². The van der Waals surface area contributed by atoms with Gasteiger partial charge in [0.1, 0.15) is 11.6 Å². The van der Waals surface area contributed by atoms with Crippen LogP contribution in [0.4, 0.5) is 0 Å². The number of hydrogen-bond donors (Lipinski definition) is 1. The Kier molecular flexibility index (Phi) is 6.50. The predicted octanol–water partition coefficient (Wildman–Crippen LogP) is 2.86. The molecule has 1 heterocycles. The Bertz CT molecular complexity index is 339. The Morgan fingerprint density at radius 1 is 1.05 bits per heavy atom. The Labute approximate surface area is 123 Å². The summed E-state index contributed by atoms with van der Waals surface area (Å²) >= 11 is 0. The van der Waals surface area contributed by atoms with Gasteiger partial charge in [0.25, 0.3) is 0 Å². The lowest BCUT2D eigenvalue weighted by atomic mass is 9.94. The summed E-state index contributed by atoms with van der Waals surface area (Å²) in [5, 5.41) is 2.85. The Balaban J connectivity index is 2.64. The van der Waals surface area contributed by atoms with Crippen LogP contribution >= 0.6 is 0 Å². The summed E-state index contributed by atoms with van der Waals surface area (Å²) in [5.41, 5.74) is -0.759. The maximum Gasteiger partial charge on any atom is 0.248 e.